The van der Waals surface area contributed by atoms with E-state index in [1.54, 1.807) is 0 Å². The lowest BCUT2D eigenvalue weighted by Gasteiger charge is -1.76. The topological polar surface area (TPSA) is 46.5 Å². The number of halogens is 3. The van der Waals surface area contributed by atoms with Crippen LogP contribution in [0.2, 0.25) is 0 Å². The second-order valence-electron chi connectivity index (χ2n) is 1.67. The molecule has 3 nitrogen and oxygen atoms in total. The van der Waals surface area contributed by atoms with Crippen LogP contribution in [0.3, 0.4) is 0 Å². The van der Waals surface area contributed by atoms with E-state index in [1.165, 1.54) is 12.8 Å². The van der Waals surface area contributed by atoms with E-state index in [4.69, 9.17) is 49.4 Å². The lowest BCUT2D eigenvalue weighted by atomic mass is 10.4. The van der Waals surface area contributed by atoms with Gasteiger partial charge in [-0.1, -0.05) is 34.8 Å². The van der Waals surface area contributed by atoms with Crippen molar-refractivity contribution in [3.63, 3.8) is 0 Å². The van der Waals surface area contributed by atoms with Gasteiger partial charge in [0.05, 0.1) is 0 Å². The first-order chi connectivity index (χ1) is 5.65. The molecular formula is C6H11Cl3O3. The average Bonchev–Trinajstić information content (AvgIpc) is 2.40. The minimum Gasteiger partial charge on any atom is -0.483 e. The molecule has 0 bridgehead atoms. The van der Waals surface area contributed by atoms with Crippen LogP contribution in [0, 0.1) is 0 Å². The molecule has 74 valence electrons. The fourth-order valence-corrected chi connectivity index (χ4v) is 0.510. The molecule has 1 saturated heterocycles. The maximum Gasteiger partial charge on any atom is 0.290 e. The smallest absolute Gasteiger partial charge is 0.290 e. The van der Waals surface area contributed by atoms with Crippen LogP contribution < -0.4 is 0 Å². The molecule has 0 unspecified atom stereocenters. The van der Waals surface area contributed by atoms with E-state index in [1.807, 2.05) is 0 Å². The molecule has 1 N–H and O–H groups in total. The van der Waals surface area contributed by atoms with Crippen molar-refractivity contribution in [1.82, 2.24) is 0 Å². The standard InChI is InChI=1S/C4H8O.CHCl3.CH2O2/c1-2-4-5-3-1;2-1(3)4;2-1-3/h1-4H2;1H;1H,(H,2,3). The number of carbonyl (C=O) groups is 1. The molecule has 0 aromatic rings. The molecule has 0 aromatic heterocycles. The summed E-state index contributed by atoms with van der Waals surface area (Å²) >= 11 is 14.4. The van der Waals surface area contributed by atoms with Crippen molar-refractivity contribution in [2.75, 3.05) is 13.2 Å². The quantitative estimate of drug-likeness (QED) is 0.520. The summed E-state index contributed by atoms with van der Waals surface area (Å²) in [6.07, 6.45) is 2.56. The molecule has 6 heteroatoms. The molecule has 1 rings (SSSR count). The Hall–Kier alpha value is 0.300. The Labute approximate surface area is 86.5 Å². The summed E-state index contributed by atoms with van der Waals surface area (Å²) in [7, 11) is 0. The molecular weight excluding hydrogens is 226 g/mol. The second-order valence-corrected chi connectivity index (χ2v) is 3.65. The number of alkyl halides is 3. The maximum atomic E-state index is 8.36. The summed E-state index contributed by atoms with van der Waals surface area (Å²) in [6, 6.07) is 0. The van der Waals surface area contributed by atoms with Gasteiger partial charge in [-0.15, -0.1) is 0 Å². The van der Waals surface area contributed by atoms with Crippen LogP contribution in [0.5, 0.6) is 0 Å². The molecule has 12 heavy (non-hydrogen) atoms. The third-order valence-corrected chi connectivity index (χ3v) is 0.827. The van der Waals surface area contributed by atoms with Crippen LogP contribution in [0.1, 0.15) is 12.8 Å². The molecule has 0 aliphatic carbocycles. The van der Waals surface area contributed by atoms with Gasteiger partial charge in [0.25, 0.3) is 6.47 Å². The van der Waals surface area contributed by atoms with Crippen LogP contribution in [0.4, 0.5) is 0 Å². The number of rotatable bonds is 0. The zero-order valence-corrected chi connectivity index (χ0v) is 8.65. The van der Waals surface area contributed by atoms with Crippen LogP contribution in [-0.2, 0) is 9.53 Å². The van der Waals surface area contributed by atoms with Gasteiger partial charge in [0.1, 0.15) is 0 Å². The number of carboxylic acid groups (broad SMARTS) is 1. The predicted octanol–water partition coefficient (Wildman–Crippen LogP) is 2.48. The summed E-state index contributed by atoms with van der Waals surface area (Å²) < 4.78 is 4.19. The average molecular weight is 238 g/mol. The van der Waals surface area contributed by atoms with Crippen molar-refractivity contribution in [3.05, 3.63) is 0 Å². The van der Waals surface area contributed by atoms with Gasteiger partial charge in [0, 0.05) is 13.2 Å². The van der Waals surface area contributed by atoms with Gasteiger partial charge >= 0.3 is 0 Å². The predicted molar refractivity (Wildman–Crippen MR) is 50.1 cm³/mol. The normalized spacial score (nSPS) is 14.0. The van der Waals surface area contributed by atoms with Gasteiger partial charge in [-0.05, 0) is 12.8 Å². The Bertz CT molecular complexity index is 75.7. The van der Waals surface area contributed by atoms with E-state index in [0.717, 1.165) is 13.2 Å². The van der Waals surface area contributed by atoms with Gasteiger partial charge in [-0.2, -0.15) is 0 Å². The van der Waals surface area contributed by atoms with E-state index < -0.39 is 4.30 Å². The second kappa shape index (κ2) is 13.9. The molecule has 1 fully saturated rings. The van der Waals surface area contributed by atoms with Gasteiger partial charge in [0.15, 0.2) is 4.30 Å². The Morgan fingerprint density at radius 3 is 1.58 bits per heavy atom. The Balaban J connectivity index is 0. The van der Waals surface area contributed by atoms with Crippen molar-refractivity contribution in [2.24, 2.45) is 0 Å². The summed E-state index contributed by atoms with van der Waals surface area (Å²) in [5.74, 6) is 0. The highest BCUT2D eigenvalue weighted by molar-refractivity contribution is 6.63. The molecule has 0 atom stereocenters. The first-order valence-corrected chi connectivity index (χ1v) is 4.54. The van der Waals surface area contributed by atoms with Crippen molar-refractivity contribution in [3.8, 4) is 0 Å². The number of hydrogen-bond donors (Lipinski definition) is 1. The van der Waals surface area contributed by atoms with Gasteiger partial charge in [0.2, 0.25) is 0 Å². The summed E-state index contributed by atoms with van der Waals surface area (Å²) in [4.78, 5) is 8.36. The molecule has 1 aliphatic rings. The molecule has 0 aromatic carbocycles. The van der Waals surface area contributed by atoms with Crippen molar-refractivity contribution < 1.29 is 14.6 Å². The fraction of sp³-hybridized carbons (Fsp3) is 0.833. The van der Waals surface area contributed by atoms with Crippen LogP contribution >= 0.6 is 34.8 Å². The minimum absolute atomic E-state index is 0.250. The first-order valence-electron chi connectivity index (χ1n) is 3.23. The van der Waals surface area contributed by atoms with Crippen molar-refractivity contribution >= 4 is 41.3 Å². The van der Waals surface area contributed by atoms with Gasteiger partial charge < -0.3 is 9.84 Å². The van der Waals surface area contributed by atoms with Gasteiger partial charge in [-0.3, -0.25) is 4.79 Å². The summed E-state index contributed by atoms with van der Waals surface area (Å²) in [6.45, 7) is 1.75. The molecule has 0 radical (unpaired) electrons. The molecule has 0 saturated carbocycles. The van der Waals surface area contributed by atoms with Crippen LogP contribution in [0.15, 0.2) is 0 Å². The van der Waals surface area contributed by atoms with E-state index >= 15 is 0 Å². The van der Waals surface area contributed by atoms with E-state index in [9.17, 15) is 0 Å². The highest BCUT2D eigenvalue weighted by Crippen LogP contribution is 2.03. The number of ether oxygens (including phenoxy) is 1. The monoisotopic (exact) mass is 236 g/mol. The molecule has 0 amide bonds. The summed E-state index contributed by atoms with van der Waals surface area (Å²) in [5.41, 5.74) is 0. The van der Waals surface area contributed by atoms with E-state index in [2.05, 4.69) is 0 Å². The highest BCUT2D eigenvalue weighted by Gasteiger charge is 1.94. The maximum absolute atomic E-state index is 8.36. The van der Waals surface area contributed by atoms with Crippen molar-refractivity contribution in [2.45, 2.75) is 17.1 Å². The molecule has 1 aliphatic heterocycles. The Morgan fingerprint density at radius 2 is 1.50 bits per heavy atom. The third kappa shape index (κ3) is 31.7. The largest absolute Gasteiger partial charge is 0.483 e. The van der Waals surface area contributed by atoms with Crippen molar-refractivity contribution in [1.29, 1.82) is 0 Å². The first kappa shape index (κ1) is 14.8. The highest BCUT2D eigenvalue weighted by atomic mass is 35.6. The van der Waals surface area contributed by atoms with Gasteiger partial charge in [-0.25, -0.2) is 0 Å². The summed E-state index contributed by atoms with van der Waals surface area (Å²) in [5, 5.41) is 6.89. The zero-order valence-electron chi connectivity index (χ0n) is 6.38. The molecule has 1 heterocycles. The number of hydrogen-bond acceptors (Lipinski definition) is 2. The van der Waals surface area contributed by atoms with E-state index in [-0.39, 0.29) is 6.47 Å². The lowest BCUT2D eigenvalue weighted by molar-refractivity contribution is -0.122. The zero-order chi connectivity index (χ0) is 9.82. The SMILES string of the molecule is C1CCOC1.ClC(Cl)Cl.O=CO. The van der Waals surface area contributed by atoms with Crippen LogP contribution in [0.25, 0.3) is 0 Å². The van der Waals surface area contributed by atoms with Crippen LogP contribution in [-0.4, -0.2) is 29.1 Å². The minimum atomic E-state index is -0.750. The Morgan fingerprint density at radius 1 is 1.25 bits per heavy atom. The third-order valence-electron chi connectivity index (χ3n) is 0.827. The molecule has 0 spiro atoms. The van der Waals surface area contributed by atoms with E-state index in [0.29, 0.717) is 0 Å². The fourth-order valence-electron chi connectivity index (χ4n) is 0.510. The lowest BCUT2D eigenvalue weighted by Crippen LogP contribution is -1.74. The Kier molecular flexibility index (Phi) is 17.1.